The lowest BCUT2D eigenvalue weighted by Crippen LogP contribution is -2.17. The van der Waals surface area contributed by atoms with Gasteiger partial charge in [0.2, 0.25) is 0 Å². The third-order valence-electron chi connectivity index (χ3n) is 3.75. The summed E-state index contributed by atoms with van der Waals surface area (Å²) in [4.78, 5) is 0.482. The molecule has 0 aliphatic carbocycles. The van der Waals surface area contributed by atoms with Crippen molar-refractivity contribution in [2.24, 2.45) is 0 Å². The third-order valence-corrected chi connectivity index (χ3v) is 6.51. The van der Waals surface area contributed by atoms with Crippen LogP contribution in [-0.4, -0.2) is 13.7 Å². The van der Waals surface area contributed by atoms with Crippen LogP contribution in [-0.2, 0) is 9.84 Å². The lowest BCUT2D eigenvalue weighted by molar-refractivity contribution is 0.586. The van der Waals surface area contributed by atoms with E-state index in [4.69, 9.17) is 0 Å². The van der Waals surface area contributed by atoms with Gasteiger partial charge in [0.05, 0.1) is 10.1 Å². The van der Waals surface area contributed by atoms with Crippen LogP contribution in [0.3, 0.4) is 0 Å². The summed E-state index contributed by atoms with van der Waals surface area (Å²) in [6, 6.07) is 15.2. The van der Waals surface area contributed by atoms with Gasteiger partial charge in [-0.1, -0.05) is 46.3 Å². The Kier molecular flexibility index (Phi) is 3.02. The highest BCUT2D eigenvalue weighted by molar-refractivity contribution is 9.10. The monoisotopic (exact) mass is 336 g/mol. The second-order valence-corrected chi connectivity index (χ2v) is 8.01. The van der Waals surface area contributed by atoms with Gasteiger partial charge >= 0.3 is 0 Å². The van der Waals surface area contributed by atoms with Gasteiger partial charge in [0.25, 0.3) is 0 Å². The summed E-state index contributed by atoms with van der Waals surface area (Å²) >= 11 is 3.41. The highest BCUT2D eigenvalue weighted by atomic mass is 79.9. The molecule has 0 N–H and O–H groups in total. The maximum Gasteiger partial charge on any atom is 0.182 e. The maximum absolute atomic E-state index is 12.4. The quantitative estimate of drug-likeness (QED) is 0.794. The number of benzene rings is 2. The van der Waals surface area contributed by atoms with Crippen molar-refractivity contribution in [2.75, 3.05) is 0 Å². The molecule has 1 aliphatic heterocycles. The normalized spacial score (nSPS) is 24.1. The van der Waals surface area contributed by atoms with Crippen LogP contribution in [0.2, 0.25) is 0 Å². The Morgan fingerprint density at radius 2 is 1.63 bits per heavy atom. The van der Waals surface area contributed by atoms with Crippen molar-refractivity contribution in [3.8, 4) is 0 Å². The number of hydrogen-bond acceptors (Lipinski definition) is 2. The second kappa shape index (κ2) is 4.46. The molecule has 19 heavy (non-hydrogen) atoms. The Balaban J connectivity index is 2.21. The summed E-state index contributed by atoms with van der Waals surface area (Å²) in [6.07, 6.45) is 0. The predicted octanol–water partition coefficient (Wildman–Crippen LogP) is 3.76. The van der Waals surface area contributed by atoms with E-state index in [1.807, 2.05) is 36.4 Å². The Morgan fingerprint density at radius 3 is 2.32 bits per heavy atom. The molecule has 2 aromatic carbocycles. The van der Waals surface area contributed by atoms with Crippen molar-refractivity contribution >= 4 is 25.8 Å². The molecule has 2 nitrogen and oxygen atoms in total. The Morgan fingerprint density at radius 1 is 1.00 bits per heavy atom. The number of sulfone groups is 1. The third kappa shape index (κ3) is 1.94. The van der Waals surface area contributed by atoms with E-state index in [9.17, 15) is 8.42 Å². The highest BCUT2D eigenvalue weighted by Crippen LogP contribution is 2.44. The minimum absolute atomic E-state index is 0.0747. The fourth-order valence-corrected chi connectivity index (χ4v) is 4.87. The Bertz CT molecular complexity index is 720. The van der Waals surface area contributed by atoms with Crippen molar-refractivity contribution in [3.63, 3.8) is 0 Å². The van der Waals surface area contributed by atoms with Crippen LogP contribution in [0.5, 0.6) is 0 Å². The van der Waals surface area contributed by atoms with Gasteiger partial charge < -0.3 is 0 Å². The van der Waals surface area contributed by atoms with E-state index in [1.165, 1.54) is 0 Å². The fraction of sp³-hybridized carbons (Fsp3) is 0.200. The summed E-state index contributed by atoms with van der Waals surface area (Å²) in [5.41, 5.74) is 1.96. The van der Waals surface area contributed by atoms with Gasteiger partial charge in [-0.3, -0.25) is 0 Å². The molecule has 0 amide bonds. The van der Waals surface area contributed by atoms with E-state index >= 15 is 0 Å². The molecule has 98 valence electrons. The lowest BCUT2D eigenvalue weighted by atomic mass is 9.89. The average Bonchev–Trinajstić information content (AvgIpc) is 2.60. The molecule has 0 radical (unpaired) electrons. The maximum atomic E-state index is 12.4. The second-order valence-electron chi connectivity index (χ2n) is 4.82. The van der Waals surface area contributed by atoms with E-state index in [0.717, 1.165) is 15.6 Å². The van der Waals surface area contributed by atoms with Crippen LogP contribution in [0.1, 0.15) is 24.0 Å². The molecule has 1 aliphatic rings. The first-order valence-electron chi connectivity index (χ1n) is 6.10. The van der Waals surface area contributed by atoms with Crippen LogP contribution in [0.15, 0.2) is 57.9 Å². The summed E-state index contributed by atoms with van der Waals surface area (Å²) in [5, 5.41) is -0.411. The van der Waals surface area contributed by atoms with E-state index in [2.05, 4.69) is 15.9 Å². The van der Waals surface area contributed by atoms with E-state index in [-0.39, 0.29) is 5.92 Å². The molecule has 0 saturated heterocycles. The smallest absolute Gasteiger partial charge is 0.182 e. The first-order valence-corrected chi connectivity index (χ1v) is 8.44. The van der Waals surface area contributed by atoms with Gasteiger partial charge in [0.15, 0.2) is 9.84 Å². The first-order chi connectivity index (χ1) is 9.01. The molecule has 3 rings (SSSR count). The van der Waals surface area contributed by atoms with Crippen molar-refractivity contribution in [1.29, 1.82) is 0 Å². The minimum atomic E-state index is -3.20. The molecule has 0 aromatic heterocycles. The van der Waals surface area contributed by atoms with Crippen molar-refractivity contribution in [3.05, 3.63) is 64.1 Å². The zero-order valence-corrected chi connectivity index (χ0v) is 12.8. The van der Waals surface area contributed by atoms with Gasteiger partial charge in [-0.25, -0.2) is 8.42 Å². The lowest BCUT2D eigenvalue weighted by Gasteiger charge is -2.15. The summed E-state index contributed by atoms with van der Waals surface area (Å²) in [7, 11) is -3.20. The first kappa shape index (κ1) is 12.9. The minimum Gasteiger partial charge on any atom is -0.223 e. The summed E-state index contributed by atoms with van der Waals surface area (Å²) in [6.45, 7) is 1.79. The molecule has 4 heteroatoms. The molecule has 2 unspecified atom stereocenters. The van der Waals surface area contributed by atoms with Gasteiger partial charge in [-0.2, -0.15) is 0 Å². The number of fused-ring (bicyclic) bond motifs is 1. The van der Waals surface area contributed by atoms with Crippen LogP contribution < -0.4 is 0 Å². The van der Waals surface area contributed by atoms with Gasteiger partial charge in [0, 0.05) is 10.4 Å². The molecule has 0 saturated carbocycles. The van der Waals surface area contributed by atoms with Crippen LogP contribution in [0.4, 0.5) is 0 Å². The molecule has 0 bridgehead atoms. The fourth-order valence-electron chi connectivity index (χ4n) is 2.75. The molecule has 0 fully saturated rings. The summed E-state index contributed by atoms with van der Waals surface area (Å²) < 4.78 is 25.8. The number of hydrogen-bond donors (Lipinski definition) is 0. The molecular weight excluding hydrogens is 324 g/mol. The van der Waals surface area contributed by atoms with Crippen molar-refractivity contribution < 1.29 is 8.42 Å². The average molecular weight is 337 g/mol. The highest BCUT2D eigenvalue weighted by Gasteiger charge is 2.42. The Labute approximate surface area is 121 Å². The topological polar surface area (TPSA) is 34.1 Å². The molecule has 1 heterocycles. The molecule has 2 aromatic rings. The predicted molar refractivity (Wildman–Crippen MR) is 79.1 cm³/mol. The number of halogens is 1. The van der Waals surface area contributed by atoms with Crippen LogP contribution >= 0.6 is 15.9 Å². The zero-order valence-electron chi connectivity index (χ0n) is 10.4. The van der Waals surface area contributed by atoms with Crippen LogP contribution in [0, 0.1) is 0 Å². The van der Waals surface area contributed by atoms with Crippen LogP contribution in [0.25, 0.3) is 0 Å². The largest absolute Gasteiger partial charge is 0.223 e. The standard InChI is InChI=1S/C15H13BrO2S/c1-10-15(11-6-8-12(16)9-7-11)13-4-2-3-5-14(13)19(10,17)18/h2-10,15H,1H3. The van der Waals surface area contributed by atoms with Gasteiger partial charge in [-0.15, -0.1) is 0 Å². The van der Waals surface area contributed by atoms with Gasteiger partial charge in [-0.05, 0) is 36.2 Å². The number of rotatable bonds is 1. The molecule has 2 atom stereocenters. The summed E-state index contributed by atoms with van der Waals surface area (Å²) in [5.74, 6) is -0.0747. The Hall–Kier alpha value is -1.13. The SMILES string of the molecule is CC1C(c2ccc(Br)cc2)c2ccccc2S1(=O)=O. The van der Waals surface area contributed by atoms with E-state index < -0.39 is 15.1 Å². The van der Waals surface area contributed by atoms with Crippen molar-refractivity contribution in [1.82, 2.24) is 0 Å². The molecular formula is C15H13BrO2S. The van der Waals surface area contributed by atoms with E-state index in [1.54, 1.807) is 19.1 Å². The molecule has 0 spiro atoms. The zero-order chi connectivity index (χ0) is 13.6. The van der Waals surface area contributed by atoms with Gasteiger partial charge in [0.1, 0.15) is 0 Å². The van der Waals surface area contributed by atoms with E-state index in [0.29, 0.717) is 4.90 Å². The van der Waals surface area contributed by atoms with Crippen molar-refractivity contribution in [2.45, 2.75) is 23.0 Å².